The molecular weight excluding hydrogens is 380 g/mol. The van der Waals surface area contributed by atoms with E-state index in [4.69, 9.17) is 10.5 Å². The number of carbonyl (C=O) groups excluding carboxylic acids is 1. The predicted octanol–water partition coefficient (Wildman–Crippen LogP) is -0.599. The first-order valence-electron chi connectivity index (χ1n) is 8.79. The Kier molecular flexibility index (Phi) is 4.74. The third-order valence-electron chi connectivity index (χ3n) is 4.71. The molecule has 0 aromatic carbocycles. The summed E-state index contributed by atoms with van der Waals surface area (Å²) in [6, 6.07) is 3.77. The lowest BCUT2D eigenvalue weighted by Gasteiger charge is -2.16. The van der Waals surface area contributed by atoms with Gasteiger partial charge >= 0.3 is 0 Å². The predicted molar refractivity (Wildman–Crippen MR) is 103 cm³/mol. The van der Waals surface area contributed by atoms with Gasteiger partial charge in [0.2, 0.25) is 5.95 Å². The minimum absolute atomic E-state index is 0.0986. The van der Waals surface area contributed by atoms with Crippen LogP contribution < -0.4 is 11.2 Å². The van der Waals surface area contributed by atoms with Crippen LogP contribution in [-0.4, -0.2) is 64.6 Å². The van der Waals surface area contributed by atoms with Crippen LogP contribution in [0.4, 0.5) is 11.8 Å². The van der Waals surface area contributed by atoms with E-state index >= 15 is 0 Å². The van der Waals surface area contributed by atoms with Crippen molar-refractivity contribution in [3.05, 3.63) is 30.4 Å². The largest absolute Gasteiger partial charge is 0.387 e. The van der Waals surface area contributed by atoms with Crippen molar-refractivity contribution in [3.63, 3.8) is 0 Å². The van der Waals surface area contributed by atoms with Crippen LogP contribution in [0.3, 0.4) is 0 Å². The van der Waals surface area contributed by atoms with Crippen molar-refractivity contribution in [1.29, 1.82) is 0 Å². The van der Waals surface area contributed by atoms with E-state index in [1.165, 1.54) is 17.8 Å². The highest BCUT2D eigenvalue weighted by Gasteiger charge is 2.46. The molecule has 1 fully saturated rings. The minimum Gasteiger partial charge on any atom is -0.387 e. The number of aliphatic hydroxyl groups is 2. The molecule has 12 nitrogen and oxygen atoms in total. The zero-order valence-electron chi connectivity index (χ0n) is 15.7. The SMILES string of the molecule is CC(=O)[C@H]1O[C@@H](n2cnc3c(N)nc(N/N=C\c4cccn4C)nc32)[C@H](O)[C@@H]1O. The van der Waals surface area contributed by atoms with E-state index in [9.17, 15) is 15.0 Å². The smallest absolute Gasteiger partial charge is 0.247 e. The van der Waals surface area contributed by atoms with Crippen molar-refractivity contribution in [2.24, 2.45) is 12.1 Å². The second-order valence-electron chi connectivity index (χ2n) is 6.71. The normalized spacial score (nSPS) is 24.6. The molecule has 0 bridgehead atoms. The van der Waals surface area contributed by atoms with Gasteiger partial charge in [0.25, 0.3) is 0 Å². The molecule has 0 saturated carbocycles. The molecule has 12 heteroatoms. The van der Waals surface area contributed by atoms with Gasteiger partial charge in [0.1, 0.15) is 23.8 Å². The van der Waals surface area contributed by atoms with Crippen LogP contribution in [-0.2, 0) is 16.6 Å². The number of ether oxygens (including phenoxy) is 1. The van der Waals surface area contributed by atoms with Crippen molar-refractivity contribution in [2.45, 2.75) is 31.5 Å². The Balaban J connectivity index is 1.64. The Morgan fingerprint density at radius 3 is 2.83 bits per heavy atom. The zero-order valence-corrected chi connectivity index (χ0v) is 15.7. The maximum atomic E-state index is 11.6. The lowest BCUT2D eigenvalue weighted by molar-refractivity contribution is -0.133. The number of nitrogens with zero attached hydrogens (tertiary/aromatic N) is 6. The molecule has 1 saturated heterocycles. The number of aromatic nitrogens is 5. The molecule has 0 spiro atoms. The molecule has 4 heterocycles. The van der Waals surface area contributed by atoms with Crippen LogP contribution in [0, 0.1) is 0 Å². The highest BCUT2D eigenvalue weighted by molar-refractivity contribution is 5.84. The lowest BCUT2D eigenvalue weighted by atomic mass is 10.1. The summed E-state index contributed by atoms with van der Waals surface area (Å²) < 4.78 is 8.82. The second kappa shape index (κ2) is 7.24. The van der Waals surface area contributed by atoms with Gasteiger partial charge in [-0.05, 0) is 19.1 Å². The number of hydrogen-bond acceptors (Lipinski definition) is 10. The van der Waals surface area contributed by atoms with Crippen LogP contribution >= 0.6 is 0 Å². The molecule has 3 aromatic rings. The van der Waals surface area contributed by atoms with E-state index in [2.05, 4.69) is 25.5 Å². The summed E-state index contributed by atoms with van der Waals surface area (Å²) in [7, 11) is 1.89. The van der Waals surface area contributed by atoms with E-state index in [0.29, 0.717) is 5.52 Å². The molecule has 4 rings (SSSR count). The van der Waals surface area contributed by atoms with Gasteiger partial charge in [-0.25, -0.2) is 10.4 Å². The number of Topliss-reactive ketones (excluding diaryl/α,β-unsaturated/α-hetero) is 1. The third kappa shape index (κ3) is 3.33. The van der Waals surface area contributed by atoms with Crippen LogP contribution in [0.2, 0.25) is 0 Å². The summed E-state index contributed by atoms with van der Waals surface area (Å²) in [6.07, 6.45) is -0.0622. The van der Waals surface area contributed by atoms with Crippen LogP contribution in [0.1, 0.15) is 18.8 Å². The van der Waals surface area contributed by atoms with Crippen LogP contribution in [0.5, 0.6) is 0 Å². The fraction of sp³-hybridized carbons (Fsp3) is 0.353. The molecule has 152 valence electrons. The molecular formula is C17H20N8O4. The van der Waals surface area contributed by atoms with Gasteiger partial charge < -0.3 is 25.3 Å². The fourth-order valence-electron chi connectivity index (χ4n) is 3.16. The van der Waals surface area contributed by atoms with Gasteiger partial charge in [-0.2, -0.15) is 15.1 Å². The van der Waals surface area contributed by atoms with Gasteiger partial charge in [-0.3, -0.25) is 9.36 Å². The lowest BCUT2D eigenvalue weighted by Crippen LogP contribution is -2.34. The summed E-state index contributed by atoms with van der Waals surface area (Å²) in [6.45, 7) is 1.28. The summed E-state index contributed by atoms with van der Waals surface area (Å²) in [4.78, 5) is 24.2. The summed E-state index contributed by atoms with van der Waals surface area (Å²) >= 11 is 0. The Bertz CT molecular complexity index is 1090. The third-order valence-corrected chi connectivity index (χ3v) is 4.71. The molecule has 0 radical (unpaired) electrons. The van der Waals surface area contributed by atoms with E-state index < -0.39 is 30.3 Å². The molecule has 4 atom stereocenters. The van der Waals surface area contributed by atoms with Gasteiger partial charge in [0.05, 0.1) is 18.2 Å². The number of nitrogen functional groups attached to an aromatic ring is 1. The van der Waals surface area contributed by atoms with E-state index in [-0.39, 0.29) is 17.4 Å². The van der Waals surface area contributed by atoms with Crippen molar-refractivity contribution < 1.29 is 19.7 Å². The first kappa shape index (κ1) is 19.0. The fourth-order valence-corrected chi connectivity index (χ4v) is 3.16. The summed E-state index contributed by atoms with van der Waals surface area (Å²) in [5.74, 6) is -0.185. The van der Waals surface area contributed by atoms with Crippen molar-refractivity contribution in [1.82, 2.24) is 24.1 Å². The Morgan fingerprint density at radius 1 is 1.38 bits per heavy atom. The molecule has 5 N–H and O–H groups in total. The van der Waals surface area contributed by atoms with E-state index in [1.807, 2.05) is 29.9 Å². The highest BCUT2D eigenvalue weighted by Crippen LogP contribution is 2.32. The van der Waals surface area contributed by atoms with Gasteiger partial charge in [0.15, 0.2) is 23.5 Å². The molecule has 0 amide bonds. The minimum atomic E-state index is -1.36. The Hall–Kier alpha value is -3.35. The van der Waals surface area contributed by atoms with Crippen molar-refractivity contribution in [3.8, 4) is 0 Å². The van der Waals surface area contributed by atoms with Gasteiger partial charge in [-0.15, -0.1) is 0 Å². The van der Waals surface area contributed by atoms with Crippen molar-refractivity contribution in [2.75, 3.05) is 11.2 Å². The molecule has 0 aliphatic carbocycles. The van der Waals surface area contributed by atoms with Crippen LogP contribution in [0.25, 0.3) is 11.2 Å². The molecule has 29 heavy (non-hydrogen) atoms. The quantitative estimate of drug-likeness (QED) is 0.323. The Labute approximate surface area is 164 Å². The second-order valence-corrected chi connectivity index (χ2v) is 6.71. The average molecular weight is 400 g/mol. The number of hydrogen-bond donors (Lipinski definition) is 4. The number of aliphatic hydroxyl groups excluding tert-OH is 2. The topological polar surface area (TPSA) is 166 Å². The maximum absolute atomic E-state index is 11.6. The number of ketones is 1. The highest BCUT2D eigenvalue weighted by atomic mass is 16.6. The van der Waals surface area contributed by atoms with E-state index in [0.717, 1.165) is 5.69 Å². The van der Waals surface area contributed by atoms with Crippen molar-refractivity contribution >= 4 is 34.9 Å². The summed E-state index contributed by atoms with van der Waals surface area (Å²) in [5, 5.41) is 24.5. The standard InChI is InChI=1S/C17H20N8O4/c1-8(26)13-11(27)12(28)16(29-13)25-7-19-10-14(18)21-17(22-15(10)25)23-20-6-9-4-3-5-24(9)2/h3-7,11-13,16,27-28H,1-2H3,(H3,18,21,22,23)/b20-6-/t11-,12+,13+,16+/m0/s1. The molecule has 0 unspecified atom stereocenters. The first-order valence-corrected chi connectivity index (χ1v) is 8.79. The van der Waals surface area contributed by atoms with Crippen LogP contribution in [0.15, 0.2) is 29.8 Å². The number of hydrazone groups is 1. The van der Waals surface area contributed by atoms with E-state index in [1.54, 1.807) is 6.21 Å². The molecule has 1 aliphatic rings. The van der Waals surface area contributed by atoms with Gasteiger partial charge in [0, 0.05) is 13.2 Å². The first-order chi connectivity index (χ1) is 13.9. The number of carbonyl (C=O) groups is 1. The average Bonchev–Trinajstić information content (AvgIpc) is 3.35. The number of aryl methyl sites for hydroxylation is 1. The number of anilines is 2. The maximum Gasteiger partial charge on any atom is 0.247 e. The number of nitrogens with one attached hydrogen (secondary N) is 1. The monoisotopic (exact) mass is 400 g/mol. The number of rotatable bonds is 5. The zero-order chi connectivity index (χ0) is 20.7. The number of fused-ring (bicyclic) bond motifs is 1. The summed E-state index contributed by atoms with van der Waals surface area (Å²) in [5.41, 5.74) is 10.1. The Morgan fingerprint density at radius 2 is 2.17 bits per heavy atom. The molecule has 3 aromatic heterocycles. The molecule has 1 aliphatic heterocycles. The number of imidazole rings is 1. The number of nitrogens with two attached hydrogens (primary N) is 1. The van der Waals surface area contributed by atoms with Gasteiger partial charge in [-0.1, -0.05) is 0 Å².